The first kappa shape index (κ1) is 11.5. The van der Waals surface area contributed by atoms with E-state index in [1.807, 2.05) is 18.2 Å². The molecule has 0 saturated heterocycles. The fourth-order valence-electron chi connectivity index (χ4n) is 1.75. The predicted molar refractivity (Wildman–Crippen MR) is 66.3 cm³/mol. The molecule has 1 saturated carbocycles. The lowest BCUT2D eigenvalue weighted by molar-refractivity contribution is 0.595. The number of rotatable bonds is 4. The van der Waals surface area contributed by atoms with Crippen LogP contribution in [0.25, 0.3) is 0 Å². The van der Waals surface area contributed by atoms with Crippen molar-refractivity contribution in [3.63, 3.8) is 0 Å². The number of hydrogen-bond donors (Lipinski definition) is 0. The van der Waals surface area contributed by atoms with Crippen molar-refractivity contribution >= 4 is 15.7 Å². The van der Waals surface area contributed by atoms with Gasteiger partial charge in [0.15, 0.2) is 0 Å². The zero-order chi connectivity index (χ0) is 11.8. The lowest BCUT2D eigenvalue weighted by Crippen LogP contribution is -2.27. The van der Waals surface area contributed by atoms with E-state index in [-0.39, 0.29) is 5.75 Å². The lowest BCUT2D eigenvalue weighted by atomic mass is 10.1. The molecule has 0 aliphatic heterocycles. The highest BCUT2D eigenvalue weighted by Crippen LogP contribution is 2.41. The van der Waals surface area contributed by atoms with Crippen LogP contribution < -0.4 is 4.31 Å². The first-order chi connectivity index (χ1) is 7.54. The third-order valence-electron chi connectivity index (χ3n) is 3.06. The second-order valence-electron chi connectivity index (χ2n) is 4.24. The Morgan fingerprint density at radius 3 is 2.62 bits per heavy atom. The minimum atomic E-state index is -3.14. The van der Waals surface area contributed by atoms with Gasteiger partial charge in [-0.2, -0.15) is 0 Å². The van der Waals surface area contributed by atoms with Crippen LogP contribution in [0.1, 0.15) is 31.2 Å². The highest BCUT2D eigenvalue weighted by molar-refractivity contribution is 7.92. The number of anilines is 1. The molecule has 4 heteroatoms. The van der Waals surface area contributed by atoms with Crippen molar-refractivity contribution in [1.82, 2.24) is 0 Å². The van der Waals surface area contributed by atoms with Crippen molar-refractivity contribution in [2.75, 3.05) is 17.1 Å². The maximum absolute atomic E-state index is 11.7. The Morgan fingerprint density at radius 2 is 2.06 bits per heavy atom. The Balaban J connectivity index is 2.29. The molecule has 0 radical (unpaired) electrons. The summed E-state index contributed by atoms with van der Waals surface area (Å²) in [6.07, 6.45) is 2.46. The van der Waals surface area contributed by atoms with E-state index in [0.717, 1.165) is 5.69 Å². The average molecular weight is 239 g/mol. The van der Waals surface area contributed by atoms with E-state index in [0.29, 0.717) is 5.92 Å². The van der Waals surface area contributed by atoms with E-state index in [1.54, 1.807) is 14.0 Å². The molecule has 0 aromatic heterocycles. The van der Waals surface area contributed by atoms with E-state index >= 15 is 0 Å². The van der Waals surface area contributed by atoms with Crippen LogP contribution in [0.4, 0.5) is 5.69 Å². The van der Waals surface area contributed by atoms with E-state index in [9.17, 15) is 8.42 Å². The molecule has 1 aliphatic rings. The van der Waals surface area contributed by atoms with E-state index in [2.05, 4.69) is 6.07 Å². The van der Waals surface area contributed by atoms with Crippen LogP contribution in [0.5, 0.6) is 0 Å². The summed E-state index contributed by atoms with van der Waals surface area (Å²) in [5.41, 5.74) is 2.03. The normalized spacial score (nSPS) is 16.1. The van der Waals surface area contributed by atoms with Crippen LogP contribution in [-0.2, 0) is 10.0 Å². The van der Waals surface area contributed by atoms with Gasteiger partial charge in [0.1, 0.15) is 0 Å². The molecule has 0 spiro atoms. The first-order valence-corrected chi connectivity index (χ1v) is 7.22. The van der Waals surface area contributed by atoms with Gasteiger partial charge in [-0.3, -0.25) is 4.31 Å². The van der Waals surface area contributed by atoms with Crippen molar-refractivity contribution in [3.8, 4) is 0 Å². The molecule has 3 nitrogen and oxygen atoms in total. The Bertz CT molecular complexity index is 478. The molecule has 0 bridgehead atoms. The van der Waals surface area contributed by atoms with Gasteiger partial charge >= 0.3 is 0 Å². The van der Waals surface area contributed by atoms with Gasteiger partial charge in [0.25, 0.3) is 0 Å². The third kappa shape index (κ3) is 2.21. The van der Waals surface area contributed by atoms with Gasteiger partial charge in [-0.25, -0.2) is 8.42 Å². The summed E-state index contributed by atoms with van der Waals surface area (Å²) in [5.74, 6) is 0.787. The molecule has 0 N–H and O–H groups in total. The maximum atomic E-state index is 11.7. The minimum absolute atomic E-state index is 0.136. The molecule has 0 unspecified atom stereocenters. The highest BCUT2D eigenvalue weighted by atomic mass is 32.2. The molecule has 1 aromatic carbocycles. The highest BCUT2D eigenvalue weighted by Gasteiger charge is 2.24. The van der Waals surface area contributed by atoms with E-state index in [1.165, 1.54) is 22.7 Å². The van der Waals surface area contributed by atoms with Crippen LogP contribution in [0.15, 0.2) is 24.3 Å². The summed E-state index contributed by atoms with van der Waals surface area (Å²) in [7, 11) is -1.52. The number of sulfonamides is 1. The molecule has 0 atom stereocenters. The van der Waals surface area contributed by atoms with E-state index < -0.39 is 10.0 Å². The Morgan fingerprint density at radius 1 is 1.38 bits per heavy atom. The fraction of sp³-hybridized carbons (Fsp3) is 0.500. The summed E-state index contributed by atoms with van der Waals surface area (Å²) in [6.45, 7) is 1.66. The molecular formula is C12H17NO2S. The van der Waals surface area contributed by atoms with Crippen molar-refractivity contribution in [2.24, 2.45) is 0 Å². The van der Waals surface area contributed by atoms with Gasteiger partial charge in [-0.15, -0.1) is 0 Å². The van der Waals surface area contributed by atoms with Crippen molar-refractivity contribution < 1.29 is 8.42 Å². The van der Waals surface area contributed by atoms with Gasteiger partial charge in [0.2, 0.25) is 10.0 Å². The summed E-state index contributed by atoms with van der Waals surface area (Å²) in [4.78, 5) is 0. The molecule has 1 fully saturated rings. The molecule has 16 heavy (non-hydrogen) atoms. The SMILES string of the molecule is CCS(=O)(=O)N(C)c1cccc(C2CC2)c1. The van der Waals surface area contributed by atoms with Crippen molar-refractivity contribution in [3.05, 3.63) is 29.8 Å². The van der Waals surface area contributed by atoms with Crippen LogP contribution in [0.2, 0.25) is 0 Å². The Labute approximate surface area is 97.1 Å². The monoisotopic (exact) mass is 239 g/mol. The standard InChI is InChI=1S/C12H17NO2S/c1-3-16(14,15)13(2)12-6-4-5-11(9-12)10-7-8-10/h4-6,9-10H,3,7-8H2,1-2H3. The smallest absolute Gasteiger partial charge is 0.234 e. The van der Waals surface area contributed by atoms with Gasteiger partial charge in [-0.1, -0.05) is 12.1 Å². The molecular weight excluding hydrogens is 222 g/mol. The van der Waals surface area contributed by atoms with Gasteiger partial charge in [0, 0.05) is 7.05 Å². The van der Waals surface area contributed by atoms with Crippen LogP contribution >= 0.6 is 0 Å². The predicted octanol–water partition coefficient (Wildman–Crippen LogP) is 2.35. The van der Waals surface area contributed by atoms with Crippen LogP contribution in [0, 0.1) is 0 Å². The molecule has 88 valence electrons. The van der Waals surface area contributed by atoms with E-state index in [4.69, 9.17) is 0 Å². The lowest BCUT2D eigenvalue weighted by Gasteiger charge is -2.19. The topological polar surface area (TPSA) is 37.4 Å². The molecule has 1 aliphatic carbocycles. The summed E-state index contributed by atoms with van der Waals surface area (Å²) < 4.78 is 24.8. The molecule has 0 amide bonds. The minimum Gasteiger partial charge on any atom is -0.273 e. The average Bonchev–Trinajstić information content (AvgIpc) is 3.12. The Kier molecular flexibility index (Phi) is 2.93. The zero-order valence-corrected chi connectivity index (χ0v) is 10.5. The Hall–Kier alpha value is -1.03. The number of benzene rings is 1. The summed E-state index contributed by atoms with van der Waals surface area (Å²) in [5, 5.41) is 0. The second-order valence-corrected chi connectivity index (χ2v) is 6.53. The molecule has 0 heterocycles. The molecule has 1 aromatic rings. The van der Waals surface area contributed by atoms with Gasteiger partial charge in [0.05, 0.1) is 11.4 Å². The largest absolute Gasteiger partial charge is 0.273 e. The first-order valence-electron chi connectivity index (χ1n) is 5.61. The third-order valence-corrected chi connectivity index (χ3v) is 4.84. The van der Waals surface area contributed by atoms with Gasteiger partial charge in [-0.05, 0) is 43.4 Å². The van der Waals surface area contributed by atoms with Crippen LogP contribution in [-0.4, -0.2) is 21.2 Å². The van der Waals surface area contributed by atoms with Crippen molar-refractivity contribution in [1.29, 1.82) is 0 Å². The fourth-order valence-corrected chi connectivity index (χ4v) is 2.57. The number of hydrogen-bond acceptors (Lipinski definition) is 2. The number of nitrogens with zero attached hydrogens (tertiary/aromatic N) is 1. The van der Waals surface area contributed by atoms with Crippen LogP contribution in [0.3, 0.4) is 0 Å². The maximum Gasteiger partial charge on any atom is 0.234 e. The van der Waals surface area contributed by atoms with Gasteiger partial charge < -0.3 is 0 Å². The quantitative estimate of drug-likeness (QED) is 0.808. The van der Waals surface area contributed by atoms with Crippen molar-refractivity contribution in [2.45, 2.75) is 25.7 Å². The summed E-state index contributed by atoms with van der Waals surface area (Å²) >= 11 is 0. The second kappa shape index (κ2) is 4.09. The summed E-state index contributed by atoms with van der Waals surface area (Å²) in [6, 6.07) is 7.85. The zero-order valence-electron chi connectivity index (χ0n) is 9.68. The molecule has 2 rings (SSSR count).